The van der Waals surface area contributed by atoms with E-state index in [0.29, 0.717) is 24.4 Å². The maximum atomic E-state index is 13.4. The highest BCUT2D eigenvalue weighted by Gasteiger charge is 2.31. The number of ether oxygens (including phenoxy) is 1. The molecular weight excluding hydrogens is 504 g/mol. The van der Waals surface area contributed by atoms with Crippen LogP contribution in [0.25, 0.3) is 0 Å². The van der Waals surface area contributed by atoms with Gasteiger partial charge in [-0.2, -0.15) is 0 Å². The smallest absolute Gasteiger partial charge is 0.408 e. The van der Waals surface area contributed by atoms with Gasteiger partial charge in [0.15, 0.2) is 0 Å². The summed E-state index contributed by atoms with van der Waals surface area (Å²) in [5, 5.41) is 30.3. The minimum Gasteiger partial charge on any atom is -0.444 e. The number of nitro groups is 1. The molecule has 1 aromatic rings. The quantitative estimate of drug-likeness (QED) is 0.203. The average Bonchev–Trinajstić information content (AvgIpc) is 2.80. The Labute approximate surface area is 231 Å². The van der Waals surface area contributed by atoms with Crippen LogP contribution in [0, 0.1) is 27.9 Å². The van der Waals surface area contributed by atoms with Crippen LogP contribution in [-0.4, -0.2) is 58.3 Å². The average molecular weight is 551 g/mol. The Bertz CT molecular complexity index is 958. The second-order valence-electron chi connectivity index (χ2n) is 11.9. The van der Waals surface area contributed by atoms with Crippen molar-refractivity contribution >= 4 is 23.6 Å². The first-order valence-electron chi connectivity index (χ1n) is 13.5. The molecule has 3 amide bonds. The van der Waals surface area contributed by atoms with Crippen LogP contribution < -0.4 is 16.0 Å². The van der Waals surface area contributed by atoms with Crippen LogP contribution in [-0.2, 0) is 20.7 Å². The number of rotatable bonds is 14. The molecule has 0 spiro atoms. The first-order chi connectivity index (χ1) is 18.0. The van der Waals surface area contributed by atoms with E-state index in [4.69, 9.17) is 4.74 Å². The Balaban J connectivity index is 3.08. The largest absolute Gasteiger partial charge is 0.444 e. The molecule has 1 rings (SSSR count). The Morgan fingerprint density at radius 1 is 0.949 bits per heavy atom. The van der Waals surface area contributed by atoms with Crippen molar-refractivity contribution in [2.24, 2.45) is 17.8 Å². The van der Waals surface area contributed by atoms with Crippen molar-refractivity contribution in [1.82, 2.24) is 16.0 Å². The molecule has 0 aromatic heterocycles. The van der Waals surface area contributed by atoms with E-state index in [1.54, 1.807) is 27.7 Å². The van der Waals surface area contributed by atoms with Crippen LogP contribution in [0.5, 0.6) is 0 Å². The number of hydrogen-bond acceptors (Lipinski definition) is 7. The molecule has 0 saturated carbocycles. The van der Waals surface area contributed by atoms with Crippen LogP contribution >= 0.6 is 0 Å². The maximum absolute atomic E-state index is 13.4. The van der Waals surface area contributed by atoms with E-state index in [9.17, 15) is 29.6 Å². The molecule has 0 saturated heterocycles. The van der Waals surface area contributed by atoms with E-state index in [1.807, 2.05) is 27.7 Å². The molecule has 4 atom stereocenters. The fraction of sp³-hybridized carbons (Fsp3) is 0.679. The van der Waals surface area contributed by atoms with Gasteiger partial charge in [-0.15, -0.1) is 0 Å². The van der Waals surface area contributed by atoms with Gasteiger partial charge in [0, 0.05) is 31.0 Å². The summed E-state index contributed by atoms with van der Waals surface area (Å²) in [5.41, 5.74) is -0.291. The number of alkyl carbamates (subject to hydrolysis) is 1. The Morgan fingerprint density at radius 3 is 2.03 bits per heavy atom. The summed E-state index contributed by atoms with van der Waals surface area (Å²) < 4.78 is 5.33. The zero-order chi connectivity index (χ0) is 29.9. The number of carbonyl (C=O) groups is 3. The van der Waals surface area contributed by atoms with Crippen molar-refractivity contribution in [1.29, 1.82) is 0 Å². The van der Waals surface area contributed by atoms with Gasteiger partial charge >= 0.3 is 6.09 Å². The van der Waals surface area contributed by atoms with Gasteiger partial charge in [0.25, 0.3) is 5.69 Å². The van der Waals surface area contributed by atoms with Crippen molar-refractivity contribution in [2.45, 2.75) is 98.4 Å². The minimum absolute atomic E-state index is 0.0432. The van der Waals surface area contributed by atoms with Crippen LogP contribution in [0.15, 0.2) is 24.3 Å². The highest BCUT2D eigenvalue weighted by Crippen LogP contribution is 2.18. The van der Waals surface area contributed by atoms with Crippen molar-refractivity contribution in [3.8, 4) is 0 Å². The molecule has 11 heteroatoms. The fourth-order valence-corrected chi connectivity index (χ4v) is 3.86. The second kappa shape index (κ2) is 15.4. The molecule has 0 heterocycles. The number of nitrogens with zero attached hydrogens (tertiary/aromatic N) is 1. The number of nitrogens with one attached hydrogen (secondary N) is 3. The van der Waals surface area contributed by atoms with Crippen molar-refractivity contribution < 1.29 is 29.2 Å². The van der Waals surface area contributed by atoms with Gasteiger partial charge in [-0.05, 0) is 51.0 Å². The maximum Gasteiger partial charge on any atom is 0.408 e. The van der Waals surface area contributed by atoms with Gasteiger partial charge in [0.2, 0.25) is 11.8 Å². The molecular formula is C28H46N4O7. The second-order valence-corrected chi connectivity index (χ2v) is 11.9. The summed E-state index contributed by atoms with van der Waals surface area (Å²) in [6.07, 6.45) is -1.15. The van der Waals surface area contributed by atoms with E-state index >= 15 is 0 Å². The highest BCUT2D eigenvalue weighted by molar-refractivity contribution is 5.86. The van der Waals surface area contributed by atoms with E-state index < -0.39 is 46.6 Å². The standard InChI is InChI=1S/C28H46N4O7/c1-17(2)13-22(24(33)14-19(5)25(34)29-16-18(3)4)30-26(35)23(31-27(36)39-28(6,7)8)15-20-9-11-21(12-10-20)32(37)38/h9-12,17-19,22-24,33H,13-16H2,1-8H3,(H,29,34)(H,30,35)(H,31,36)/t19-,22+,23+,24+/m1/s1. The summed E-state index contributed by atoms with van der Waals surface area (Å²) >= 11 is 0. The van der Waals surface area contributed by atoms with Gasteiger partial charge < -0.3 is 25.8 Å². The SMILES string of the molecule is CC(C)CNC(=O)[C@H](C)C[C@H](O)[C@H](CC(C)C)NC(=O)[C@H](Cc1ccc([N+](=O)[O-])cc1)NC(=O)OC(C)(C)C. The van der Waals surface area contributed by atoms with Gasteiger partial charge in [0.1, 0.15) is 11.6 Å². The third-order valence-corrected chi connectivity index (χ3v) is 5.84. The summed E-state index contributed by atoms with van der Waals surface area (Å²) in [7, 11) is 0. The number of aliphatic hydroxyl groups excluding tert-OH is 1. The number of carbonyl (C=O) groups excluding carboxylic acids is 3. The van der Waals surface area contributed by atoms with E-state index in [0.717, 1.165) is 0 Å². The lowest BCUT2D eigenvalue weighted by atomic mass is 9.92. The number of non-ortho nitro benzene ring substituents is 1. The molecule has 11 nitrogen and oxygen atoms in total. The number of amides is 3. The lowest BCUT2D eigenvalue weighted by Crippen LogP contribution is -2.54. The van der Waals surface area contributed by atoms with Crippen LogP contribution in [0.3, 0.4) is 0 Å². The van der Waals surface area contributed by atoms with Gasteiger partial charge in [0.05, 0.1) is 17.1 Å². The van der Waals surface area contributed by atoms with Crippen molar-refractivity contribution in [2.75, 3.05) is 6.54 Å². The molecule has 1 aromatic carbocycles. The summed E-state index contributed by atoms with van der Waals surface area (Å²) in [5.74, 6) is -0.756. The molecule has 4 N–H and O–H groups in total. The summed E-state index contributed by atoms with van der Waals surface area (Å²) in [6.45, 7) is 15.3. The normalized spacial score (nSPS) is 14.7. The Hall–Kier alpha value is -3.21. The highest BCUT2D eigenvalue weighted by atomic mass is 16.6. The molecule has 220 valence electrons. The predicted octanol–water partition coefficient (Wildman–Crippen LogP) is 3.72. The van der Waals surface area contributed by atoms with Crippen LogP contribution in [0.4, 0.5) is 10.5 Å². The van der Waals surface area contributed by atoms with E-state index in [-0.39, 0.29) is 30.4 Å². The van der Waals surface area contributed by atoms with E-state index in [2.05, 4.69) is 16.0 Å². The summed E-state index contributed by atoms with van der Waals surface area (Å²) in [4.78, 5) is 48.9. The predicted molar refractivity (Wildman–Crippen MR) is 149 cm³/mol. The zero-order valence-corrected chi connectivity index (χ0v) is 24.4. The summed E-state index contributed by atoms with van der Waals surface area (Å²) in [6, 6.07) is 3.96. The van der Waals surface area contributed by atoms with Gasteiger partial charge in [-0.25, -0.2) is 4.79 Å². The molecule has 0 bridgehead atoms. The van der Waals surface area contributed by atoms with E-state index in [1.165, 1.54) is 24.3 Å². The van der Waals surface area contributed by atoms with Gasteiger partial charge in [-0.3, -0.25) is 19.7 Å². The Morgan fingerprint density at radius 2 is 1.54 bits per heavy atom. The number of aliphatic hydroxyl groups is 1. The van der Waals surface area contributed by atoms with Crippen LogP contribution in [0.2, 0.25) is 0 Å². The molecule has 0 radical (unpaired) electrons. The Kier molecular flexibility index (Phi) is 13.4. The lowest BCUT2D eigenvalue weighted by molar-refractivity contribution is -0.384. The monoisotopic (exact) mass is 550 g/mol. The third kappa shape index (κ3) is 13.4. The number of nitro benzene ring substituents is 1. The fourth-order valence-electron chi connectivity index (χ4n) is 3.86. The zero-order valence-electron chi connectivity index (χ0n) is 24.4. The number of benzene rings is 1. The first-order valence-corrected chi connectivity index (χ1v) is 13.5. The lowest BCUT2D eigenvalue weighted by Gasteiger charge is -2.30. The first kappa shape index (κ1) is 33.8. The molecule has 0 aliphatic rings. The molecule has 0 fully saturated rings. The number of hydrogen-bond donors (Lipinski definition) is 4. The molecule has 0 aliphatic carbocycles. The van der Waals surface area contributed by atoms with Crippen LogP contribution in [0.1, 0.15) is 73.8 Å². The van der Waals surface area contributed by atoms with Crippen molar-refractivity contribution in [3.63, 3.8) is 0 Å². The third-order valence-electron chi connectivity index (χ3n) is 5.84. The minimum atomic E-state index is -1.07. The molecule has 39 heavy (non-hydrogen) atoms. The van der Waals surface area contributed by atoms with Gasteiger partial charge in [-0.1, -0.05) is 46.8 Å². The molecule has 0 unspecified atom stereocenters. The van der Waals surface area contributed by atoms with Crippen molar-refractivity contribution in [3.05, 3.63) is 39.9 Å². The molecule has 0 aliphatic heterocycles. The topological polar surface area (TPSA) is 160 Å².